The summed E-state index contributed by atoms with van der Waals surface area (Å²) in [5.41, 5.74) is 0.151. The van der Waals surface area contributed by atoms with Crippen LogP contribution in [0.1, 0.15) is 15.9 Å². The van der Waals surface area contributed by atoms with Crippen LogP contribution in [0.2, 0.25) is 0 Å². The number of aromatic nitrogens is 3. The molecule has 0 aliphatic rings. The molecule has 0 spiro atoms. The third-order valence-electron chi connectivity index (χ3n) is 2.96. The van der Waals surface area contributed by atoms with Crippen LogP contribution in [0.4, 0.5) is 5.69 Å². The lowest BCUT2D eigenvalue weighted by molar-refractivity contribution is 0.102. The molecule has 2 rings (SSSR count). The summed E-state index contributed by atoms with van der Waals surface area (Å²) in [5, 5.41) is 2.63. The van der Waals surface area contributed by atoms with Gasteiger partial charge in [0.25, 0.3) is 11.5 Å². The van der Waals surface area contributed by atoms with Gasteiger partial charge in [0.05, 0.1) is 0 Å². The first kappa shape index (κ1) is 13.7. The summed E-state index contributed by atoms with van der Waals surface area (Å²) < 4.78 is 2.09. The number of nitrogens with one attached hydrogen (secondary N) is 1. The number of rotatable bonds is 2. The summed E-state index contributed by atoms with van der Waals surface area (Å²) in [6.45, 7) is 1.79. The fourth-order valence-corrected chi connectivity index (χ4v) is 1.77. The summed E-state index contributed by atoms with van der Waals surface area (Å²) in [7, 11) is 2.81. The monoisotopic (exact) mass is 274 g/mol. The quantitative estimate of drug-likeness (QED) is 0.837. The Hall–Kier alpha value is -2.70. The zero-order chi connectivity index (χ0) is 14.9. The van der Waals surface area contributed by atoms with Crippen LogP contribution in [-0.4, -0.2) is 20.0 Å². The fourth-order valence-electron chi connectivity index (χ4n) is 1.77. The molecule has 7 heteroatoms. The van der Waals surface area contributed by atoms with Crippen molar-refractivity contribution in [2.75, 3.05) is 5.32 Å². The van der Waals surface area contributed by atoms with Crippen LogP contribution in [0.15, 0.2) is 34.2 Å². The summed E-state index contributed by atoms with van der Waals surface area (Å²) >= 11 is 0. The third kappa shape index (κ3) is 2.37. The summed E-state index contributed by atoms with van der Waals surface area (Å²) in [6.07, 6.45) is 4.38. The molecule has 1 N–H and O–H groups in total. The van der Waals surface area contributed by atoms with Crippen molar-refractivity contribution in [3.8, 4) is 0 Å². The van der Waals surface area contributed by atoms with Gasteiger partial charge < -0.3 is 9.88 Å². The maximum absolute atomic E-state index is 12.1. The molecule has 104 valence electrons. The van der Waals surface area contributed by atoms with E-state index in [2.05, 4.69) is 10.3 Å². The maximum atomic E-state index is 12.1. The number of nitrogens with zero attached hydrogens (tertiary/aromatic N) is 3. The van der Waals surface area contributed by atoms with E-state index in [-0.39, 0.29) is 5.56 Å². The minimum Gasteiger partial charge on any atom is -0.321 e. The van der Waals surface area contributed by atoms with E-state index in [1.165, 1.54) is 24.9 Å². The number of carbonyl (C=O) groups excluding carboxylic acids is 1. The molecule has 0 unspecified atom stereocenters. The van der Waals surface area contributed by atoms with E-state index in [1.807, 2.05) is 0 Å². The van der Waals surface area contributed by atoms with E-state index in [0.717, 1.165) is 10.1 Å². The summed E-state index contributed by atoms with van der Waals surface area (Å²) in [6, 6.07) is 1.64. The van der Waals surface area contributed by atoms with Gasteiger partial charge in [-0.15, -0.1) is 0 Å². The number of hydrogen-bond acceptors (Lipinski definition) is 4. The van der Waals surface area contributed by atoms with Crippen molar-refractivity contribution in [2.24, 2.45) is 14.1 Å². The minimum absolute atomic E-state index is 0.0918. The lowest BCUT2D eigenvalue weighted by Gasteiger charge is -2.09. The topological polar surface area (TPSA) is 86.0 Å². The molecule has 0 saturated heterocycles. The Morgan fingerprint density at radius 2 is 2.00 bits per heavy atom. The van der Waals surface area contributed by atoms with E-state index in [4.69, 9.17) is 0 Å². The predicted molar refractivity (Wildman–Crippen MR) is 73.9 cm³/mol. The van der Waals surface area contributed by atoms with Crippen LogP contribution in [0.3, 0.4) is 0 Å². The number of anilines is 1. The first-order valence-corrected chi connectivity index (χ1v) is 5.90. The SMILES string of the molecule is Cc1cnccc1NC(=O)c1cn(C)c(=O)n(C)c1=O. The number of carbonyl (C=O) groups is 1. The van der Waals surface area contributed by atoms with E-state index >= 15 is 0 Å². The standard InChI is InChI=1S/C13H14N4O3/c1-8-6-14-5-4-10(8)15-11(18)9-7-16(2)13(20)17(3)12(9)19/h4-7H,1-3H3,(H,14,15,18). The van der Waals surface area contributed by atoms with Gasteiger partial charge in [-0.3, -0.25) is 19.1 Å². The molecular weight excluding hydrogens is 260 g/mol. The molecule has 7 nitrogen and oxygen atoms in total. The van der Waals surface area contributed by atoms with E-state index < -0.39 is 17.2 Å². The average molecular weight is 274 g/mol. The van der Waals surface area contributed by atoms with Gasteiger partial charge in [0.1, 0.15) is 5.56 Å². The maximum Gasteiger partial charge on any atom is 0.330 e. The van der Waals surface area contributed by atoms with E-state index in [1.54, 1.807) is 25.4 Å². The van der Waals surface area contributed by atoms with Gasteiger partial charge in [-0.2, -0.15) is 0 Å². The molecule has 2 aromatic heterocycles. The van der Waals surface area contributed by atoms with Crippen molar-refractivity contribution in [2.45, 2.75) is 6.92 Å². The second-order valence-corrected chi connectivity index (χ2v) is 4.45. The van der Waals surface area contributed by atoms with E-state index in [0.29, 0.717) is 5.69 Å². The fraction of sp³-hybridized carbons (Fsp3) is 0.231. The normalized spacial score (nSPS) is 10.3. The Kier molecular flexibility index (Phi) is 3.51. The highest BCUT2D eigenvalue weighted by atomic mass is 16.2. The van der Waals surface area contributed by atoms with Crippen LogP contribution in [0.25, 0.3) is 0 Å². The summed E-state index contributed by atoms with van der Waals surface area (Å²) in [4.78, 5) is 39.6. The van der Waals surface area contributed by atoms with Crippen LogP contribution < -0.4 is 16.6 Å². The lowest BCUT2D eigenvalue weighted by atomic mass is 10.2. The Balaban J connectivity index is 2.43. The van der Waals surface area contributed by atoms with Crippen molar-refractivity contribution in [3.05, 3.63) is 56.6 Å². The number of aryl methyl sites for hydroxylation is 2. The molecule has 0 saturated carbocycles. The van der Waals surface area contributed by atoms with Crippen molar-refractivity contribution in [1.29, 1.82) is 0 Å². The first-order valence-electron chi connectivity index (χ1n) is 5.90. The lowest BCUT2D eigenvalue weighted by Crippen LogP contribution is -2.40. The molecule has 1 amide bonds. The predicted octanol–water partition coefficient (Wildman–Crippen LogP) is 0.0397. The molecular formula is C13H14N4O3. The highest BCUT2D eigenvalue weighted by molar-refractivity contribution is 6.04. The van der Waals surface area contributed by atoms with Crippen LogP contribution >= 0.6 is 0 Å². The van der Waals surface area contributed by atoms with Gasteiger partial charge in [0.2, 0.25) is 0 Å². The molecule has 0 aliphatic heterocycles. The van der Waals surface area contributed by atoms with Crippen molar-refractivity contribution in [1.82, 2.24) is 14.1 Å². The van der Waals surface area contributed by atoms with Crippen LogP contribution in [0, 0.1) is 6.92 Å². The molecule has 0 fully saturated rings. The van der Waals surface area contributed by atoms with Crippen LogP contribution in [0.5, 0.6) is 0 Å². The second-order valence-electron chi connectivity index (χ2n) is 4.45. The van der Waals surface area contributed by atoms with Gasteiger partial charge in [-0.05, 0) is 18.6 Å². The molecule has 0 radical (unpaired) electrons. The van der Waals surface area contributed by atoms with Gasteiger partial charge in [0, 0.05) is 38.4 Å². The first-order chi connectivity index (χ1) is 9.41. The molecule has 0 atom stereocenters. The van der Waals surface area contributed by atoms with Gasteiger partial charge in [0.15, 0.2) is 0 Å². The Morgan fingerprint density at radius 3 is 2.65 bits per heavy atom. The largest absolute Gasteiger partial charge is 0.330 e. The van der Waals surface area contributed by atoms with Gasteiger partial charge >= 0.3 is 5.69 Å². The number of pyridine rings is 1. The Morgan fingerprint density at radius 1 is 1.30 bits per heavy atom. The molecule has 20 heavy (non-hydrogen) atoms. The molecule has 2 heterocycles. The van der Waals surface area contributed by atoms with Gasteiger partial charge in [-0.1, -0.05) is 0 Å². The third-order valence-corrected chi connectivity index (χ3v) is 2.96. The molecule has 0 aromatic carbocycles. The number of amides is 1. The van der Waals surface area contributed by atoms with Crippen molar-refractivity contribution < 1.29 is 4.79 Å². The minimum atomic E-state index is -0.627. The van der Waals surface area contributed by atoms with Gasteiger partial charge in [-0.25, -0.2) is 4.79 Å². The zero-order valence-corrected chi connectivity index (χ0v) is 11.4. The van der Waals surface area contributed by atoms with Crippen LogP contribution in [-0.2, 0) is 14.1 Å². The number of hydrogen-bond donors (Lipinski definition) is 1. The highest BCUT2D eigenvalue weighted by Gasteiger charge is 2.15. The van der Waals surface area contributed by atoms with Crippen molar-refractivity contribution in [3.63, 3.8) is 0 Å². The highest BCUT2D eigenvalue weighted by Crippen LogP contribution is 2.12. The average Bonchev–Trinajstić information content (AvgIpc) is 2.43. The summed E-state index contributed by atoms with van der Waals surface area (Å²) in [5.74, 6) is -0.560. The zero-order valence-electron chi connectivity index (χ0n) is 11.4. The van der Waals surface area contributed by atoms with Crippen molar-refractivity contribution >= 4 is 11.6 Å². The Bertz CT molecular complexity index is 789. The molecule has 2 aromatic rings. The molecule has 0 aliphatic carbocycles. The second kappa shape index (κ2) is 5.12. The smallest absolute Gasteiger partial charge is 0.321 e. The Labute approximate surface area is 114 Å². The molecule has 0 bridgehead atoms. The van der Waals surface area contributed by atoms with E-state index in [9.17, 15) is 14.4 Å².